The number of nitrogens with one attached hydrogen (secondary N) is 1. The molecule has 0 radical (unpaired) electrons. The van der Waals surface area contributed by atoms with E-state index in [4.69, 9.17) is 11.6 Å². The lowest BCUT2D eigenvalue weighted by Crippen LogP contribution is -2.37. The van der Waals surface area contributed by atoms with Gasteiger partial charge in [0.1, 0.15) is 6.54 Å². The van der Waals surface area contributed by atoms with Gasteiger partial charge in [0.05, 0.1) is 22.5 Å². The van der Waals surface area contributed by atoms with Crippen LogP contribution in [0.5, 0.6) is 0 Å². The molecule has 3 aromatic rings. The Bertz CT molecular complexity index is 1320. The van der Waals surface area contributed by atoms with E-state index in [1.165, 1.54) is 0 Å². The highest BCUT2D eigenvalue weighted by Crippen LogP contribution is 2.36. The number of nitrogens with zero attached hydrogens (tertiary/aromatic N) is 1. The molecule has 0 saturated heterocycles. The van der Waals surface area contributed by atoms with Gasteiger partial charge in [-0.15, -0.1) is 11.8 Å². The lowest BCUT2D eigenvalue weighted by atomic mass is 10.1. The predicted octanol–water partition coefficient (Wildman–Crippen LogP) is 6.36. The molecule has 0 bridgehead atoms. The van der Waals surface area contributed by atoms with Crippen LogP contribution in [0.25, 0.3) is 0 Å². The smallest absolute Gasteiger partial charge is 0.324 e. The summed E-state index contributed by atoms with van der Waals surface area (Å²) in [6, 6.07) is 17.6. The molecule has 0 aliphatic heterocycles. The summed E-state index contributed by atoms with van der Waals surface area (Å²) in [6.45, 7) is 1.05. The van der Waals surface area contributed by atoms with Crippen LogP contribution >= 0.6 is 23.4 Å². The first-order valence-electron chi connectivity index (χ1n) is 10.3. The minimum atomic E-state index is -4.71. The SMILES string of the molecule is Cc1cc(CSc2ccccc2)ccc1NC(=O)CN(c1cc(C(F)(F)F)ccc1Cl)S(C)(=O)=O. The average molecular weight is 543 g/mol. The summed E-state index contributed by atoms with van der Waals surface area (Å²) in [7, 11) is -4.12. The van der Waals surface area contributed by atoms with E-state index in [-0.39, 0.29) is 5.02 Å². The Morgan fingerprint density at radius 2 is 1.74 bits per heavy atom. The third-order valence-electron chi connectivity index (χ3n) is 4.94. The summed E-state index contributed by atoms with van der Waals surface area (Å²) in [5.41, 5.74) is 0.748. The summed E-state index contributed by atoms with van der Waals surface area (Å²) in [4.78, 5) is 13.8. The second-order valence-electron chi connectivity index (χ2n) is 7.73. The van der Waals surface area contributed by atoms with Crippen LogP contribution in [0.2, 0.25) is 5.02 Å². The summed E-state index contributed by atoms with van der Waals surface area (Å²) >= 11 is 7.66. The third kappa shape index (κ3) is 7.39. The normalized spacial score (nSPS) is 11.8. The summed E-state index contributed by atoms with van der Waals surface area (Å²) < 4.78 is 64.7. The van der Waals surface area contributed by atoms with Crippen molar-refractivity contribution in [3.63, 3.8) is 0 Å². The summed E-state index contributed by atoms with van der Waals surface area (Å²) in [5, 5.41) is 2.40. The van der Waals surface area contributed by atoms with Crippen molar-refractivity contribution in [1.29, 1.82) is 0 Å². The average Bonchev–Trinajstić information content (AvgIpc) is 2.77. The van der Waals surface area contributed by atoms with Crippen molar-refractivity contribution in [2.24, 2.45) is 0 Å². The monoisotopic (exact) mass is 542 g/mol. The van der Waals surface area contributed by atoms with Gasteiger partial charge in [-0.05, 0) is 54.4 Å². The number of hydrogen-bond acceptors (Lipinski definition) is 4. The molecule has 0 atom stereocenters. The van der Waals surface area contributed by atoms with Gasteiger partial charge in [0.25, 0.3) is 0 Å². The Morgan fingerprint density at radius 1 is 1.06 bits per heavy atom. The van der Waals surface area contributed by atoms with Gasteiger partial charge < -0.3 is 5.32 Å². The molecular weight excluding hydrogens is 521 g/mol. The molecule has 1 amide bonds. The molecule has 3 rings (SSSR count). The number of carbonyl (C=O) groups is 1. The Morgan fingerprint density at radius 3 is 2.34 bits per heavy atom. The number of carbonyl (C=O) groups excluding carboxylic acids is 1. The molecule has 0 unspecified atom stereocenters. The largest absolute Gasteiger partial charge is 0.416 e. The molecule has 5 nitrogen and oxygen atoms in total. The number of aryl methyl sites for hydroxylation is 1. The molecule has 0 heterocycles. The number of amides is 1. The number of rotatable bonds is 8. The lowest BCUT2D eigenvalue weighted by Gasteiger charge is -2.24. The van der Waals surface area contributed by atoms with Gasteiger partial charge >= 0.3 is 6.18 Å². The van der Waals surface area contributed by atoms with Crippen LogP contribution in [-0.4, -0.2) is 27.1 Å². The Balaban J connectivity index is 1.75. The van der Waals surface area contributed by atoms with Crippen LogP contribution in [-0.2, 0) is 26.7 Å². The predicted molar refractivity (Wildman–Crippen MR) is 134 cm³/mol. The fraction of sp³-hybridized carbons (Fsp3) is 0.208. The molecule has 11 heteroatoms. The number of sulfonamides is 1. The van der Waals surface area contributed by atoms with E-state index in [1.54, 1.807) is 24.8 Å². The van der Waals surface area contributed by atoms with Crippen LogP contribution in [0.15, 0.2) is 71.6 Å². The number of benzene rings is 3. The Labute approximate surface area is 211 Å². The maximum absolute atomic E-state index is 13.1. The first-order chi connectivity index (χ1) is 16.3. The lowest BCUT2D eigenvalue weighted by molar-refractivity contribution is -0.137. The standard InChI is InChI=1S/C24H22ClF3N2O3S2/c1-16-12-17(15-34-19-6-4-3-5-7-19)8-11-21(16)29-23(31)14-30(35(2,32)33)22-13-18(24(26,27)28)9-10-20(22)25/h3-13H,14-15H2,1-2H3,(H,29,31). The van der Waals surface area contributed by atoms with Crippen LogP contribution in [0.1, 0.15) is 16.7 Å². The zero-order valence-corrected chi connectivity index (χ0v) is 21.2. The van der Waals surface area contributed by atoms with Crippen molar-refractivity contribution in [2.45, 2.75) is 23.7 Å². The van der Waals surface area contributed by atoms with E-state index in [0.29, 0.717) is 16.1 Å². The van der Waals surface area contributed by atoms with Gasteiger partial charge in [-0.25, -0.2) is 8.42 Å². The van der Waals surface area contributed by atoms with Crippen molar-refractivity contribution in [3.05, 3.63) is 88.4 Å². The minimum absolute atomic E-state index is 0.229. The van der Waals surface area contributed by atoms with Crippen LogP contribution in [0.3, 0.4) is 0 Å². The highest BCUT2D eigenvalue weighted by molar-refractivity contribution is 7.98. The Kier molecular flexibility index (Phi) is 8.40. The first-order valence-corrected chi connectivity index (χ1v) is 13.5. The molecule has 0 fully saturated rings. The summed E-state index contributed by atoms with van der Waals surface area (Å²) in [5.74, 6) is -0.00645. The van der Waals surface area contributed by atoms with Crippen molar-refractivity contribution in [3.8, 4) is 0 Å². The van der Waals surface area contributed by atoms with E-state index < -0.39 is 39.9 Å². The molecule has 0 aliphatic carbocycles. The van der Waals surface area contributed by atoms with E-state index in [9.17, 15) is 26.4 Å². The van der Waals surface area contributed by atoms with Gasteiger partial charge in [-0.1, -0.05) is 41.9 Å². The quantitative estimate of drug-likeness (QED) is 0.336. The molecule has 0 spiro atoms. The molecule has 0 saturated carbocycles. The Hall–Kier alpha value is -2.69. The van der Waals surface area contributed by atoms with Gasteiger partial charge in [-0.3, -0.25) is 9.10 Å². The van der Waals surface area contributed by atoms with Crippen LogP contribution < -0.4 is 9.62 Å². The number of thioether (sulfide) groups is 1. The van der Waals surface area contributed by atoms with Gasteiger partial charge in [-0.2, -0.15) is 13.2 Å². The zero-order valence-electron chi connectivity index (χ0n) is 18.8. The topological polar surface area (TPSA) is 66.5 Å². The van der Waals surface area contributed by atoms with Crippen molar-refractivity contribution in [1.82, 2.24) is 0 Å². The highest BCUT2D eigenvalue weighted by atomic mass is 35.5. The first kappa shape index (κ1) is 26.9. The molecule has 0 aromatic heterocycles. The zero-order chi connectivity index (χ0) is 25.8. The molecule has 1 N–H and O–H groups in total. The van der Waals surface area contributed by atoms with Gasteiger partial charge in [0.2, 0.25) is 15.9 Å². The molecule has 0 aliphatic rings. The number of hydrogen-bond donors (Lipinski definition) is 1. The second-order valence-corrected chi connectivity index (χ2v) is 11.1. The fourth-order valence-electron chi connectivity index (χ4n) is 3.22. The van der Waals surface area contributed by atoms with Crippen LogP contribution in [0.4, 0.5) is 24.5 Å². The second kappa shape index (κ2) is 10.9. The fourth-order valence-corrected chi connectivity index (χ4v) is 5.21. The van der Waals surface area contributed by atoms with Gasteiger partial charge in [0, 0.05) is 16.3 Å². The number of alkyl halides is 3. The highest BCUT2D eigenvalue weighted by Gasteiger charge is 2.33. The van der Waals surface area contributed by atoms with Crippen molar-refractivity contribution < 1.29 is 26.4 Å². The van der Waals surface area contributed by atoms with Gasteiger partial charge in [0.15, 0.2) is 0 Å². The molecular formula is C24H22ClF3N2O3S2. The molecule has 186 valence electrons. The molecule has 3 aromatic carbocycles. The summed E-state index contributed by atoms with van der Waals surface area (Å²) in [6.07, 6.45) is -3.91. The minimum Gasteiger partial charge on any atom is -0.324 e. The van der Waals surface area contributed by atoms with Crippen LogP contribution in [0, 0.1) is 6.92 Å². The number of halogens is 4. The number of anilines is 2. The maximum atomic E-state index is 13.1. The van der Waals surface area contributed by atoms with E-state index >= 15 is 0 Å². The van der Waals surface area contributed by atoms with Crippen molar-refractivity contribution in [2.75, 3.05) is 22.4 Å². The molecule has 35 heavy (non-hydrogen) atoms. The van der Waals surface area contributed by atoms with E-state index in [2.05, 4.69) is 5.32 Å². The van der Waals surface area contributed by atoms with E-state index in [1.807, 2.05) is 42.5 Å². The third-order valence-corrected chi connectivity index (χ3v) is 7.47. The maximum Gasteiger partial charge on any atom is 0.416 e. The van der Waals surface area contributed by atoms with E-state index in [0.717, 1.165) is 40.2 Å². The van der Waals surface area contributed by atoms with Crippen molar-refractivity contribution >= 4 is 50.7 Å².